The lowest BCUT2D eigenvalue weighted by atomic mass is 10.1. The van der Waals surface area contributed by atoms with Crippen LogP contribution < -0.4 is 0 Å². The molecule has 0 aliphatic carbocycles. The first kappa shape index (κ1) is 11.8. The minimum atomic E-state index is -3.36. The Morgan fingerprint density at radius 1 is 1.20 bits per heavy atom. The Kier molecular flexibility index (Phi) is 3.18. The fourth-order valence-electron chi connectivity index (χ4n) is 0.992. The molecule has 0 saturated carbocycles. The summed E-state index contributed by atoms with van der Waals surface area (Å²) >= 11 is 0. The molecular formula is C9H8F2O3S. The zero-order valence-corrected chi connectivity index (χ0v) is 8.59. The molecule has 0 aliphatic heterocycles. The highest BCUT2D eigenvalue weighted by atomic mass is 32.2. The van der Waals surface area contributed by atoms with Gasteiger partial charge in [-0.15, -0.1) is 0 Å². The van der Waals surface area contributed by atoms with Crippen LogP contribution in [0.1, 0.15) is 10.4 Å². The van der Waals surface area contributed by atoms with Crippen molar-refractivity contribution in [2.24, 2.45) is 0 Å². The van der Waals surface area contributed by atoms with Gasteiger partial charge in [0.05, 0.1) is 4.90 Å². The number of sulfone groups is 1. The number of hydrogen-bond donors (Lipinski definition) is 0. The van der Waals surface area contributed by atoms with Crippen molar-refractivity contribution in [1.82, 2.24) is 0 Å². The van der Waals surface area contributed by atoms with Gasteiger partial charge >= 0.3 is 6.43 Å². The largest absolute Gasteiger partial charge is 0.300 e. The van der Waals surface area contributed by atoms with Crippen LogP contribution in [0.15, 0.2) is 29.2 Å². The lowest BCUT2D eigenvalue weighted by Crippen LogP contribution is -2.10. The Bertz CT molecular complexity index is 463. The van der Waals surface area contributed by atoms with Gasteiger partial charge in [-0.25, -0.2) is 17.2 Å². The number of halogens is 2. The van der Waals surface area contributed by atoms with Crippen LogP contribution in [0, 0.1) is 0 Å². The van der Waals surface area contributed by atoms with E-state index in [-0.39, 0.29) is 10.5 Å². The number of benzene rings is 1. The summed E-state index contributed by atoms with van der Waals surface area (Å²) in [5.74, 6) is -1.31. The van der Waals surface area contributed by atoms with E-state index < -0.39 is 22.0 Å². The molecule has 6 heteroatoms. The molecule has 1 aromatic carbocycles. The first-order valence-corrected chi connectivity index (χ1v) is 5.84. The van der Waals surface area contributed by atoms with Gasteiger partial charge in [0.2, 0.25) is 5.78 Å². The second kappa shape index (κ2) is 4.06. The van der Waals surface area contributed by atoms with Gasteiger partial charge in [-0.05, 0) is 24.3 Å². The second-order valence-electron chi connectivity index (χ2n) is 2.96. The predicted molar refractivity (Wildman–Crippen MR) is 49.9 cm³/mol. The van der Waals surface area contributed by atoms with Crippen LogP contribution in [-0.4, -0.2) is 26.9 Å². The summed E-state index contributed by atoms with van der Waals surface area (Å²) < 4.78 is 46.0. The standard InChI is InChI=1S/C9H8F2O3S/c1-15(13,14)7-4-2-6(3-5-7)8(12)9(10)11/h2-5,9H,1H3. The number of ketones is 1. The van der Waals surface area contributed by atoms with Gasteiger partial charge in [0.1, 0.15) is 0 Å². The molecule has 0 N–H and O–H groups in total. The lowest BCUT2D eigenvalue weighted by molar-refractivity contribution is 0.0678. The lowest BCUT2D eigenvalue weighted by Gasteiger charge is -2.01. The zero-order valence-electron chi connectivity index (χ0n) is 7.78. The molecule has 0 fully saturated rings. The molecule has 0 atom stereocenters. The Labute approximate surface area is 85.6 Å². The number of carbonyl (C=O) groups is 1. The summed E-state index contributed by atoms with van der Waals surface area (Å²) in [6, 6.07) is 4.41. The van der Waals surface area contributed by atoms with Crippen LogP contribution in [-0.2, 0) is 9.84 Å². The third-order valence-electron chi connectivity index (χ3n) is 1.77. The second-order valence-corrected chi connectivity index (χ2v) is 4.98. The maximum atomic E-state index is 12.0. The molecular weight excluding hydrogens is 226 g/mol. The summed E-state index contributed by atoms with van der Waals surface area (Å²) in [7, 11) is -3.36. The molecule has 15 heavy (non-hydrogen) atoms. The van der Waals surface area contributed by atoms with E-state index in [0.29, 0.717) is 0 Å². The van der Waals surface area contributed by atoms with Crippen molar-refractivity contribution in [3.05, 3.63) is 29.8 Å². The van der Waals surface area contributed by atoms with Crippen LogP contribution in [0.4, 0.5) is 8.78 Å². The number of carbonyl (C=O) groups excluding carboxylic acids is 1. The molecule has 0 aromatic heterocycles. The zero-order chi connectivity index (χ0) is 11.6. The number of Topliss-reactive ketones (excluding diaryl/α,β-unsaturated/α-hetero) is 1. The first-order chi connectivity index (χ1) is 6.82. The SMILES string of the molecule is CS(=O)(=O)c1ccc(C(=O)C(F)F)cc1. The fraction of sp³-hybridized carbons (Fsp3) is 0.222. The van der Waals surface area contributed by atoms with Gasteiger partial charge < -0.3 is 0 Å². The third-order valence-corrected chi connectivity index (χ3v) is 2.89. The maximum absolute atomic E-state index is 12.0. The Hall–Kier alpha value is -1.30. The van der Waals surface area contributed by atoms with Gasteiger partial charge in [0.25, 0.3) is 0 Å². The highest BCUT2D eigenvalue weighted by Crippen LogP contribution is 2.13. The third kappa shape index (κ3) is 2.82. The van der Waals surface area contributed by atoms with E-state index in [1.54, 1.807) is 0 Å². The van der Waals surface area contributed by atoms with Crippen molar-refractivity contribution >= 4 is 15.6 Å². The highest BCUT2D eigenvalue weighted by Gasteiger charge is 2.18. The minimum absolute atomic E-state index is 0.00619. The Morgan fingerprint density at radius 3 is 2.00 bits per heavy atom. The molecule has 0 spiro atoms. The van der Waals surface area contributed by atoms with Gasteiger partial charge in [0.15, 0.2) is 9.84 Å². The smallest absolute Gasteiger partial charge is 0.288 e. The molecule has 0 saturated heterocycles. The molecule has 0 unspecified atom stereocenters. The van der Waals surface area contributed by atoms with Gasteiger partial charge in [0, 0.05) is 11.8 Å². The van der Waals surface area contributed by atoms with E-state index in [1.807, 2.05) is 0 Å². The van der Waals surface area contributed by atoms with Gasteiger partial charge in [-0.2, -0.15) is 0 Å². The molecule has 82 valence electrons. The molecule has 3 nitrogen and oxygen atoms in total. The van der Waals surface area contributed by atoms with Crippen molar-refractivity contribution < 1.29 is 22.0 Å². The van der Waals surface area contributed by atoms with Crippen molar-refractivity contribution in [3.63, 3.8) is 0 Å². The van der Waals surface area contributed by atoms with Crippen LogP contribution in [0.2, 0.25) is 0 Å². The van der Waals surface area contributed by atoms with Crippen molar-refractivity contribution in [3.8, 4) is 0 Å². The predicted octanol–water partition coefficient (Wildman–Crippen LogP) is 1.54. The summed E-state index contributed by atoms with van der Waals surface area (Å²) in [6.07, 6.45) is -2.08. The van der Waals surface area contributed by atoms with Gasteiger partial charge in [-0.3, -0.25) is 4.79 Å². The molecule has 0 radical (unpaired) electrons. The number of rotatable bonds is 3. The van der Waals surface area contributed by atoms with E-state index in [4.69, 9.17) is 0 Å². The first-order valence-electron chi connectivity index (χ1n) is 3.95. The molecule has 0 amide bonds. The maximum Gasteiger partial charge on any atom is 0.300 e. The Balaban J connectivity index is 3.06. The molecule has 0 bridgehead atoms. The van der Waals surface area contributed by atoms with Crippen LogP contribution in [0.25, 0.3) is 0 Å². The minimum Gasteiger partial charge on any atom is -0.288 e. The van der Waals surface area contributed by atoms with Gasteiger partial charge in [-0.1, -0.05) is 0 Å². The quantitative estimate of drug-likeness (QED) is 0.745. The highest BCUT2D eigenvalue weighted by molar-refractivity contribution is 7.90. The van der Waals surface area contributed by atoms with E-state index in [9.17, 15) is 22.0 Å². The summed E-state index contributed by atoms with van der Waals surface area (Å²) in [4.78, 5) is 10.8. The summed E-state index contributed by atoms with van der Waals surface area (Å²) in [5, 5.41) is 0. The average molecular weight is 234 g/mol. The van der Waals surface area contributed by atoms with E-state index in [0.717, 1.165) is 30.5 Å². The molecule has 0 heterocycles. The van der Waals surface area contributed by atoms with Crippen LogP contribution in [0.5, 0.6) is 0 Å². The van der Waals surface area contributed by atoms with Crippen molar-refractivity contribution in [2.45, 2.75) is 11.3 Å². The molecule has 1 rings (SSSR count). The van der Waals surface area contributed by atoms with E-state index in [2.05, 4.69) is 0 Å². The van der Waals surface area contributed by atoms with Crippen LogP contribution >= 0.6 is 0 Å². The fourth-order valence-corrected chi connectivity index (χ4v) is 1.62. The average Bonchev–Trinajstić information content (AvgIpc) is 2.15. The van der Waals surface area contributed by atoms with E-state index in [1.165, 1.54) is 0 Å². The molecule has 1 aromatic rings. The monoisotopic (exact) mass is 234 g/mol. The van der Waals surface area contributed by atoms with E-state index >= 15 is 0 Å². The summed E-state index contributed by atoms with van der Waals surface area (Å²) in [6.45, 7) is 0. The number of alkyl halides is 2. The number of hydrogen-bond acceptors (Lipinski definition) is 3. The van der Waals surface area contributed by atoms with Crippen molar-refractivity contribution in [1.29, 1.82) is 0 Å². The topological polar surface area (TPSA) is 51.2 Å². The summed E-state index contributed by atoms with van der Waals surface area (Å²) in [5.41, 5.74) is -0.197. The Morgan fingerprint density at radius 2 is 1.67 bits per heavy atom. The normalized spacial score (nSPS) is 11.7. The van der Waals surface area contributed by atoms with Crippen LogP contribution in [0.3, 0.4) is 0 Å². The molecule has 0 aliphatic rings. The van der Waals surface area contributed by atoms with Crippen molar-refractivity contribution in [2.75, 3.05) is 6.26 Å².